The Kier molecular flexibility index (Phi) is 7.36. The lowest BCUT2D eigenvalue weighted by Gasteiger charge is -2.41. The Labute approximate surface area is 211 Å². The molecule has 3 aliphatic rings. The van der Waals surface area contributed by atoms with Gasteiger partial charge in [0, 0.05) is 49.1 Å². The summed E-state index contributed by atoms with van der Waals surface area (Å²) in [5.74, 6) is 5.39. The summed E-state index contributed by atoms with van der Waals surface area (Å²) in [6, 6.07) is 5.06. The van der Waals surface area contributed by atoms with E-state index in [0.29, 0.717) is 37.9 Å². The minimum atomic E-state index is -0.629. The molecule has 1 saturated carbocycles. The molecule has 2 heterocycles. The van der Waals surface area contributed by atoms with Crippen LogP contribution in [0.25, 0.3) is 0 Å². The first kappa shape index (κ1) is 25.7. The van der Waals surface area contributed by atoms with Crippen LogP contribution < -0.4 is 11.1 Å². The number of hydrogen-bond acceptors (Lipinski definition) is 6. The lowest BCUT2D eigenvalue weighted by atomic mass is 9.86. The maximum Gasteiger partial charge on any atom is 0.410 e. The summed E-state index contributed by atoms with van der Waals surface area (Å²) in [7, 11) is 0. The van der Waals surface area contributed by atoms with Crippen molar-refractivity contribution < 1.29 is 23.9 Å². The van der Waals surface area contributed by atoms with Gasteiger partial charge in [0.15, 0.2) is 0 Å². The Morgan fingerprint density at radius 3 is 2.67 bits per heavy atom. The van der Waals surface area contributed by atoms with Crippen molar-refractivity contribution in [3.8, 4) is 11.8 Å². The van der Waals surface area contributed by atoms with Crippen LogP contribution in [0.15, 0.2) is 18.2 Å². The number of nitrogens with one attached hydrogen (secondary N) is 1. The summed E-state index contributed by atoms with van der Waals surface area (Å²) < 4.78 is 5.57. The van der Waals surface area contributed by atoms with E-state index in [9.17, 15) is 19.2 Å². The second-order valence-corrected chi connectivity index (χ2v) is 10.7. The summed E-state index contributed by atoms with van der Waals surface area (Å²) in [5, 5.41) is 2.31. The Bertz CT molecular complexity index is 1120. The average molecular weight is 495 g/mol. The van der Waals surface area contributed by atoms with Crippen molar-refractivity contribution in [1.29, 1.82) is 0 Å². The highest BCUT2D eigenvalue weighted by Crippen LogP contribution is 2.28. The molecule has 1 saturated heterocycles. The minimum absolute atomic E-state index is 0.115. The number of benzene rings is 1. The molecule has 1 aromatic rings. The van der Waals surface area contributed by atoms with Crippen LogP contribution in [0.5, 0.6) is 0 Å². The Morgan fingerprint density at radius 1 is 1.25 bits per heavy atom. The zero-order valence-corrected chi connectivity index (χ0v) is 21.1. The van der Waals surface area contributed by atoms with Gasteiger partial charge in [-0.15, -0.1) is 0 Å². The molecule has 0 radical (unpaired) electrons. The van der Waals surface area contributed by atoms with Crippen LogP contribution in [0.1, 0.15) is 80.8 Å². The molecule has 1 aliphatic carbocycles. The van der Waals surface area contributed by atoms with Gasteiger partial charge in [0.1, 0.15) is 11.6 Å². The van der Waals surface area contributed by atoms with E-state index in [2.05, 4.69) is 17.2 Å². The molecule has 9 nitrogen and oxygen atoms in total. The number of nitrogens with two attached hydrogens (primary N) is 1. The quantitative estimate of drug-likeness (QED) is 0.368. The van der Waals surface area contributed by atoms with Crippen molar-refractivity contribution in [1.82, 2.24) is 15.1 Å². The van der Waals surface area contributed by atoms with Gasteiger partial charge in [0.05, 0.1) is 0 Å². The summed E-state index contributed by atoms with van der Waals surface area (Å²) in [5.41, 5.74) is 7.56. The lowest BCUT2D eigenvalue weighted by Crippen LogP contribution is -2.54. The Morgan fingerprint density at radius 2 is 2.00 bits per heavy atom. The number of piperidine rings is 1. The molecule has 1 aromatic carbocycles. The smallest absolute Gasteiger partial charge is 0.410 e. The van der Waals surface area contributed by atoms with E-state index in [1.807, 2.05) is 26.8 Å². The molecule has 9 heteroatoms. The van der Waals surface area contributed by atoms with Crippen LogP contribution in [0.4, 0.5) is 4.79 Å². The predicted octanol–water partition coefficient (Wildman–Crippen LogP) is 2.31. The van der Waals surface area contributed by atoms with Crippen molar-refractivity contribution in [2.24, 2.45) is 5.73 Å². The molecule has 1 unspecified atom stereocenters. The first-order chi connectivity index (χ1) is 17.0. The van der Waals surface area contributed by atoms with Gasteiger partial charge in [-0.05, 0) is 70.2 Å². The van der Waals surface area contributed by atoms with Crippen LogP contribution >= 0.6 is 0 Å². The molecule has 2 aliphatic heterocycles. The average Bonchev–Trinajstić information content (AvgIpc) is 3.08. The SMILES string of the molecule is CC(C)(C)OC(=O)N(CCCC#Cc1ccc2c(c1)CN(C1CCC(=O)NC1=O)C2=O)C1CC(N)C1. The number of amides is 4. The highest BCUT2D eigenvalue weighted by molar-refractivity contribution is 6.05. The monoisotopic (exact) mass is 494 g/mol. The fourth-order valence-corrected chi connectivity index (χ4v) is 4.78. The van der Waals surface area contributed by atoms with E-state index < -0.39 is 17.6 Å². The maximum atomic E-state index is 12.8. The fraction of sp³-hybridized carbons (Fsp3) is 0.556. The maximum absolute atomic E-state index is 12.8. The second kappa shape index (κ2) is 10.3. The molecule has 1 atom stereocenters. The predicted molar refractivity (Wildman–Crippen MR) is 133 cm³/mol. The molecular weight excluding hydrogens is 460 g/mol. The first-order valence-corrected chi connectivity index (χ1v) is 12.5. The van der Waals surface area contributed by atoms with Crippen LogP contribution in [0.3, 0.4) is 0 Å². The number of unbranched alkanes of at least 4 members (excludes halogenated alkanes) is 1. The zero-order valence-electron chi connectivity index (χ0n) is 21.1. The number of carbonyl (C=O) groups is 4. The fourth-order valence-electron chi connectivity index (χ4n) is 4.78. The first-order valence-electron chi connectivity index (χ1n) is 12.5. The third-order valence-corrected chi connectivity index (χ3v) is 6.68. The molecule has 0 aromatic heterocycles. The molecular formula is C27H34N4O5. The van der Waals surface area contributed by atoms with Crippen LogP contribution in [-0.4, -0.2) is 63.9 Å². The van der Waals surface area contributed by atoms with E-state index in [0.717, 1.165) is 24.0 Å². The van der Waals surface area contributed by atoms with Crippen molar-refractivity contribution in [3.05, 3.63) is 34.9 Å². The number of fused-ring (bicyclic) bond motifs is 1. The number of nitrogens with zero attached hydrogens (tertiary/aromatic N) is 2. The van der Waals surface area contributed by atoms with Gasteiger partial charge in [0.25, 0.3) is 5.91 Å². The van der Waals surface area contributed by atoms with Gasteiger partial charge in [0.2, 0.25) is 11.8 Å². The number of imide groups is 1. The third kappa shape index (κ3) is 5.88. The highest BCUT2D eigenvalue weighted by atomic mass is 16.6. The molecule has 2 fully saturated rings. The van der Waals surface area contributed by atoms with Crippen molar-refractivity contribution >= 4 is 23.8 Å². The van der Waals surface area contributed by atoms with E-state index in [4.69, 9.17) is 10.5 Å². The van der Waals surface area contributed by atoms with Crippen molar-refractivity contribution in [3.63, 3.8) is 0 Å². The standard InChI is InChI=1S/C27H34N4O5/c1-27(2,3)36-26(35)30(20-14-19(28)15-20)12-6-4-5-7-17-8-9-21-18(13-17)16-31(25(21)34)22-10-11-23(32)29-24(22)33/h8-9,13,19-20,22H,4,6,10-12,14-16,28H2,1-3H3,(H,29,32,33). The van der Waals surface area contributed by atoms with Crippen molar-refractivity contribution in [2.75, 3.05) is 6.54 Å². The topological polar surface area (TPSA) is 122 Å². The summed E-state index contributed by atoms with van der Waals surface area (Å²) in [4.78, 5) is 52.4. The molecule has 3 N–H and O–H groups in total. The van der Waals surface area contributed by atoms with E-state index in [1.165, 1.54) is 4.90 Å². The number of ether oxygens (including phenoxy) is 1. The molecule has 4 rings (SSSR count). The normalized spacial score (nSPS) is 23.3. The van der Waals surface area contributed by atoms with E-state index in [-0.39, 0.29) is 36.4 Å². The van der Waals surface area contributed by atoms with Crippen molar-refractivity contribution in [2.45, 2.75) is 89.6 Å². The molecule has 4 amide bonds. The van der Waals surface area contributed by atoms with E-state index in [1.54, 1.807) is 17.0 Å². The van der Waals surface area contributed by atoms with Gasteiger partial charge in [-0.25, -0.2) is 4.79 Å². The van der Waals surface area contributed by atoms with E-state index >= 15 is 0 Å². The van der Waals surface area contributed by atoms with Gasteiger partial charge >= 0.3 is 6.09 Å². The molecule has 36 heavy (non-hydrogen) atoms. The van der Waals surface area contributed by atoms with Gasteiger partial charge in [-0.2, -0.15) is 0 Å². The van der Waals surface area contributed by atoms with Gasteiger partial charge in [-0.1, -0.05) is 11.8 Å². The molecule has 192 valence electrons. The Hall–Kier alpha value is -3.38. The highest BCUT2D eigenvalue weighted by Gasteiger charge is 2.39. The Balaban J connectivity index is 1.33. The van der Waals surface area contributed by atoms with Gasteiger partial charge in [-0.3, -0.25) is 19.7 Å². The van der Waals surface area contributed by atoms with Gasteiger partial charge < -0.3 is 20.3 Å². The second-order valence-electron chi connectivity index (χ2n) is 10.7. The molecule has 0 spiro atoms. The zero-order chi connectivity index (χ0) is 26.0. The summed E-state index contributed by atoms with van der Waals surface area (Å²) >= 11 is 0. The largest absolute Gasteiger partial charge is 0.444 e. The number of carbonyl (C=O) groups excluding carboxylic acids is 4. The third-order valence-electron chi connectivity index (χ3n) is 6.68. The van der Waals surface area contributed by atoms with Crippen LogP contribution in [-0.2, 0) is 20.9 Å². The number of hydrogen-bond donors (Lipinski definition) is 2. The lowest BCUT2D eigenvalue weighted by molar-refractivity contribution is -0.136. The van der Waals surface area contributed by atoms with Crippen LogP contribution in [0.2, 0.25) is 0 Å². The summed E-state index contributed by atoms with van der Waals surface area (Å²) in [6.45, 7) is 6.45. The minimum Gasteiger partial charge on any atom is -0.444 e. The molecule has 0 bridgehead atoms. The van der Waals surface area contributed by atoms with Crippen LogP contribution in [0, 0.1) is 11.8 Å². The number of rotatable bonds is 5. The summed E-state index contributed by atoms with van der Waals surface area (Å²) in [6.07, 6.45) is 3.15.